The zero-order valence-electron chi connectivity index (χ0n) is 12.6. The number of ether oxygens (including phenoxy) is 2. The lowest BCUT2D eigenvalue weighted by molar-refractivity contribution is 0.0706. The summed E-state index contributed by atoms with van der Waals surface area (Å²) in [5, 5.41) is 8.71. The molecule has 7 nitrogen and oxygen atoms in total. The van der Waals surface area contributed by atoms with Gasteiger partial charge in [0.1, 0.15) is 17.3 Å². The van der Waals surface area contributed by atoms with Gasteiger partial charge in [0.15, 0.2) is 0 Å². The molecule has 0 bridgehead atoms. The number of benzene rings is 2. The van der Waals surface area contributed by atoms with Gasteiger partial charge in [0.05, 0.1) is 30.8 Å². The molecule has 0 fully saturated rings. The van der Waals surface area contributed by atoms with Crippen LogP contribution in [-0.2, 0) is 0 Å². The number of nitrogens with zero attached hydrogens (tertiary/aromatic N) is 1. The number of nitrogens with one attached hydrogen (secondary N) is 2. The van der Waals surface area contributed by atoms with E-state index in [0.29, 0.717) is 33.9 Å². The largest absolute Gasteiger partial charge is 0.497 e. The Bertz CT molecular complexity index is 873. The topological polar surface area (TPSA) is 96.5 Å². The number of aromatic amines is 1. The third kappa shape index (κ3) is 2.69. The molecule has 0 saturated heterocycles. The van der Waals surface area contributed by atoms with E-state index in [2.05, 4.69) is 9.97 Å². The van der Waals surface area contributed by atoms with Crippen LogP contribution in [0.4, 0.5) is 0 Å². The summed E-state index contributed by atoms with van der Waals surface area (Å²) in [6.45, 7) is 0. The van der Waals surface area contributed by atoms with Gasteiger partial charge >= 0.3 is 0 Å². The van der Waals surface area contributed by atoms with E-state index in [1.165, 1.54) is 0 Å². The molecule has 3 aromatic rings. The smallest absolute Gasteiger partial charge is 0.274 e. The van der Waals surface area contributed by atoms with E-state index < -0.39 is 5.91 Å². The summed E-state index contributed by atoms with van der Waals surface area (Å²) in [4.78, 5) is 19.1. The second kappa shape index (κ2) is 5.98. The number of rotatable bonds is 4. The number of hydrogen-bond acceptors (Lipinski definition) is 5. The van der Waals surface area contributed by atoms with E-state index in [1.807, 2.05) is 12.1 Å². The minimum absolute atomic E-state index is 0.330. The molecule has 1 amide bonds. The minimum Gasteiger partial charge on any atom is -0.497 e. The zero-order chi connectivity index (χ0) is 16.4. The van der Waals surface area contributed by atoms with Gasteiger partial charge in [-0.3, -0.25) is 10.0 Å². The molecule has 3 N–H and O–H groups in total. The lowest BCUT2D eigenvalue weighted by atomic mass is 10.2. The Kier molecular flexibility index (Phi) is 3.86. The predicted octanol–water partition coefficient (Wildman–Crippen LogP) is 2.37. The van der Waals surface area contributed by atoms with Gasteiger partial charge in [-0.05, 0) is 30.3 Å². The molecular weight excluding hydrogens is 298 g/mol. The number of hydrogen-bond donors (Lipinski definition) is 3. The van der Waals surface area contributed by atoms with Crippen LogP contribution in [0, 0.1) is 0 Å². The number of carbonyl (C=O) groups excluding carboxylic acids is 1. The van der Waals surface area contributed by atoms with Gasteiger partial charge in [-0.2, -0.15) is 0 Å². The number of imidazole rings is 1. The first-order chi connectivity index (χ1) is 11.2. The normalized spacial score (nSPS) is 10.6. The molecule has 0 atom stereocenters. The van der Waals surface area contributed by atoms with Crippen molar-refractivity contribution in [3.8, 4) is 22.9 Å². The molecule has 118 valence electrons. The molecular formula is C16H15N3O4. The molecule has 0 spiro atoms. The molecule has 0 unspecified atom stereocenters. The average Bonchev–Trinajstić information content (AvgIpc) is 3.03. The average molecular weight is 313 g/mol. The summed E-state index contributed by atoms with van der Waals surface area (Å²) in [6.07, 6.45) is 0. The van der Waals surface area contributed by atoms with Crippen molar-refractivity contribution in [3.63, 3.8) is 0 Å². The van der Waals surface area contributed by atoms with Crippen LogP contribution in [0.5, 0.6) is 11.5 Å². The lowest BCUT2D eigenvalue weighted by Gasteiger charge is -2.08. The number of fused-ring (bicyclic) bond motifs is 1. The Morgan fingerprint density at radius 3 is 2.70 bits per heavy atom. The van der Waals surface area contributed by atoms with Gasteiger partial charge < -0.3 is 14.5 Å². The quantitative estimate of drug-likeness (QED) is 0.507. The van der Waals surface area contributed by atoms with Crippen molar-refractivity contribution >= 4 is 16.9 Å². The first-order valence-electron chi connectivity index (χ1n) is 6.83. The van der Waals surface area contributed by atoms with E-state index in [9.17, 15) is 4.79 Å². The lowest BCUT2D eigenvalue weighted by Crippen LogP contribution is -2.18. The monoisotopic (exact) mass is 313 g/mol. The van der Waals surface area contributed by atoms with E-state index in [1.54, 1.807) is 44.0 Å². The summed E-state index contributed by atoms with van der Waals surface area (Å²) in [5.74, 6) is 1.34. The van der Waals surface area contributed by atoms with Crippen molar-refractivity contribution in [3.05, 3.63) is 42.0 Å². The van der Waals surface area contributed by atoms with Crippen LogP contribution in [0.25, 0.3) is 22.4 Å². The first-order valence-corrected chi connectivity index (χ1v) is 6.83. The van der Waals surface area contributed by atoms with Crippen LogP contribution in [-0.4, -0.2) is 35.3 Å². The number of aromatic nitrogens is 2. The Hall–Kier alpha value is -3.06. The van der Waals surface area contributed by atoms with E-state index in [4.69, 9.17) is 14.7 Å². The fourth-order valence-electron chi connectivity index (χ4n) is 2.34. The Morgan fingerprint density at radius 2 is 2.00 bits per heavy atom. The van der Waals surface area contributed by atoms with Crippen LogP contribution >= 0.6 is 0 Å². The van der Waals surface area contributed by atoms with Gasteiger partial charge in [0, 0.05) is 11.6 Å². The molecule has 0 aliphatic heterocycles. The first kappa shape index (κ1) is 14.9. The number of H-pyrrole nitrogens is 1. The maximum Gasteiger partial charge on any atom is 0.274 e. The highest BCUT2D eigenvalue weighted by Crippen LogP contribution is 2.32. The van der Waals surface area contributed by atoms with Gasteiger partial charge in [-0.25, -0.2) is 10.5 Å². The second-order valence-electron chi connectivity index (χ2n) is 4.82. The highest BCUT2D eigenvalue weighted by atomic mass is 16.5. The van der Waals surface area contributed by atoms with E-state index in [-0.39, 0.29) is 0 Å². The van der Waals surface area contributed by atoms with Crippen molar-refractivity contribution in [1.82, 2.24) is 15.4 Å². The van der Waals surface area contributed by atoms with E-state index >= 15 is 0 Å². The van der Waals surface area contributed by atoms with Crippen molar-refractivity contribution in [2.75, 3.05) is 14.2 Å². The van der Waals surface area contributed by atoms with Crippen LogP contribution in [0.15, 0.2) is 36.4 Å². The maximum absolute atomic E-state index is 11.5. The summed E-state index contributed by atoms with van der Waals surface area (Å²) >= 11 is 0. The SMILES string of the molecule is COc1ccc(-c2nc3ccc(C(=O)NO)cc3[nH]2)c(OC)c1. The Morgan fingerprint density at radius 1 is 1.17 bits per heavy atom. The summed E-state index contributed by atoms with van der Waals surface area (Å²) in [6, 6.07) is 10.3. The second-order valence-corrected chi connectivity index (χ2v) is 4.82. The third-order valence-electron chi connectivity index (χ3n) is 3.51. The highest BCUT2D eigenvalue weighted by Gasteiger charge is 2.13. The molecule has 7 heteroatoms. The van der Waals surface area contributed by atoms with Gasteiger partial charge in [0.2, 0.25) is 0 Å². The number of hydroxylamine groups is 1. The van der Waals surface area contributed by atoms with Crippen molar-refractivity contribution in [1.29, 1.82) is 0 Å². The van der Waals surface area contributed by atoms with Crippen LogP contribution in [0.1, 0.15) is 10.4 Å². The van der Waals surface area contributed by atoms with Crippen LogP contribution in [0.3, 0.4) is 0 Å². The molecule has 3 rings (SSSR count). The standard InChI is InChI=1S/C16H15N3O4/c1-22-10-4-5-11(14(8-10)23-2)15-17-12-6-3-9(16(20)19-21)7-13(12)18-15/h3-8,21H,1-2H3,(H,17,18)(H,19,20). The molecule has 0 radical (unpaired) electrons. The molecule has 1 heterocycles. The summed E-state index contributed by atoms with van der Waals surface area (Å²) in [5.41, 5.74) is 4.10. The zero-order valence-corrected chi connectivity index (χ0v) is 12.6. The molecule has 2 aromatic carbocycles. The van der Waals surface area contributed by atoms with Crippen LogP contribution < -0.4 is 15.0 Å². The molecule has 0 aliphatic carbocycles. The fraction of sp³-hybridized carbons (Fsp3) is 0.125. The minimum atomic E-state index is -0.579. The Balaban J connectivity index is 2.08. The van der Waals surface area contributed by atoms with Gasteiger partial charge in [-0.1, -0.05) is 0 Å². The molecule has 1 aromatic heterocycles. The van der Waals surface area contributed by atoms with Crippen molar-refractivity contribution < 1.29 is 19.5 Å². The maximum atomic E-state index is 11.5. The summed E-state index contributed by atoms with van der Waals surface area (Å²) < 4.78 is 10.6. The van der Waals surface area contributed by atoms with Crippen molar-refractivity contribution in [2.45, 2.75) is 0 Å². The number of amides is 1. The van der Waals surface area contributed by atoms with Crippen molar-refractivity contribution in [2.24, 2.45) is 0 Å². The molecule has 0 aliphatic rings. The number of carbonyl (C=O) groups is 1. The number of methoxy groups -OCH3 is 2. The summed E-state index contributed by atoms with van der Waals surface area (Å²) in [7, 11) is 3.16. The molecule has 23 heavy (non-hydrogen) atoms. The van der Waals surface area contributed by atoms with Gasteiger partial charge in [-0.15, -0.1) is 0 Å². The van der Waals surface area contributed by atoms with Crippen LogP contribution in [0.2, 0.25) is 0 Å². The van der Waals surface area contributed by atoms with Gasteiger partial charge in [0.25, 0.3) is 5.91 Å². The third-order valence-corrected chi connectivity index (χ3v) is 3.51. The highest BCUT2D eigenvalue weighted by molar-refractivity contribution is 5.97. The predicted molar refractivity (Wildman–Crippen MR) is 83.9 cm³/mol. The Labute approximate surface area is 131 Å². The fourth-order valence-corrected chi connectivity index (χ4v) is 2.34. The van der Waals surface area contributed by atoms with E-state index in [0.717, 1.165) is 5.56 Å². The molecule has 0 saturated carbocycles.